The van der Waals surface area contributed by atoms with Crippen molar-refractivity contribution in [2.75, 3.05) is 19.5 Å². The number of hydrogen-bond donors (Lipinski definition) is 2. The molecule has 3 aromatic rings. The molecule has 0 aliphatic rings. The number of methoxy groups -OCH3 is 2. The molecule has 1 aromatic heterocycles. The summed E-state index contributed by atoms with van der Waals surface area (Å²) in [5, 5.41) is 10.3. The second-order valence-corrected chi connectivity index (χ2v) is 8.29. The summed E-state index contributed by atoms with van der Waals surface area (Å²) < 4.78 is 40.4. The Morgan fingerprint density at radius 3 is 2.38 bits per heavy atom. The largest absolute Gasteiger partial charge is 0.497 e. The first-order valence-corrected chi connectivity index (χ1v) is 10.8. The van der Waals surface area contributed by atoms with Crippen molar-refractivity contribution in [2.24, 2.45) is 5.10 Å². The number of hydrazone groups is 1. The van der Waals surface area contributed by atoms with Gasteiger partial charge in [-0.2, -0.15) is 18.4 Å². The number of aryl methyl sites for hydroxylation is 1. The minimum atomic E-state index is -3.97. The molecule has 10 nitrogen and oxygen atoms in total. The predicted octanol–water partition coefficient (Wildman–Crippen LogP) is 2.96. The Bertz CT molecular complexity index is 1250. The molecular weight excluding hydrogens is 436 g/mol. The first kappa shape index (κ1) is 22.8. The highest BCUT2D eigenvalue weighted by molar-refractivity contribution is 7.89. The zero-order valence-electron chi connectivity index (χ0n) is 17.9. The van der Waals surface area contributed by atoms with E-state index >= 15 is 0 Å². The van der Waals surface area contributed by atoms with E-state index in [0.717, 1.165) is 0 Å². The van der Waals surface area contributed by atoms with Gasteiger partial charge in [-0.1, -0.05) is 17.3 Å². The fraction of sp³-hybridized carbons (Fsp3) is 0.190. The molecule has 1 amide bonds. The summed E-state index contributed by atoms with van der Waals surface area (Å²) in [6.45, 7) is 3.35. The number of nitrogens with one attached hydrogen (secondary N) is 2. The lowest BCUT2D eigenvalue weighted by Crippen LogP contribution is -2.20. The number of anilines is 1. The number of amides is 1. The molecule has 0 saturated heterocycles. The highest BCUT2D eigenvalue weighted by atomic mass is 32.2. The van der Waals surface area contributed by atoms with Crippen LogP contribution in [0.15, 0.2) is 63.1 Å². The van der Waals surface area contributed by atoms with Gasteiger partial charge >= 0.3 is 0 Å². The fourth-order valence-corrected chi connectivity index (χ4v) is 3.71. The van der Waals surface area contributed by atoms with Crippen molar-refractivity contribution < 1.29 is 27.2 Å². The van der Waals surface area contributed by atoms with Gasteiger partial charge in [0.25, 0.3) is 15.9 Å². The van der Waals surface area contributed by atoms with Crippen LogP contribution < -0.4 is 19.6 Å². The van der Waals surface area contributed by atoms with Crippen molar-refractivity contribution in [1.82, 2.24) is 9.99 Å². The van der Waals surface area contributed by atoms with E-state index in [9.17, 15) is 13.2 Å². The summed E-state index contributed by atoms with van der Waals surface area (Å²) >= 11 is 0. The molecule has 0 unspecified atom stereocenters. The Kier molecular flexibility index (Phi) is 6.79. The zero-order valence-corrected chi connectivity index (χ0v) is 18.7. The Hall–Kier alpha value is -3.86. The molecule has 1 heterocycles. The minimum absolute atomic E-state index is 0.0708. The first-order valence-electron chi connectivity index (χ1n) is 9.36. The molecule has 11 heteroatoms. The van der Waals surface area contributed by atoms with Crippen molar-refractivity contribution in [3.63, 3.8) is 0 Å². The number of sulfonamides is 1. The van der Waals surface area contributed by atoms with E-state index in [0.29, 0.717) is 28.5 Å². The molecule has 0 saturated carbocycles. The van der Waals surface area contributed by atoms with Crippen molar-refractivity contribution in [3.8, 4) is 11.5 Å². The van der Waals surface area contributed by atoms with E-state index < -0.39 is 15.9 Å². The number of ether oxygens (including phenoxy) is 2. The van der Waals surface area contributed by atoms with Crippen LogP contribution in [-0.4, -0.2) is 39.4 Å². The Balaban J connectivity index is 1.71. The summed E-state index contributed by atoms with van der Waals surface area (Å²) in [7, 11) is -1.13. The van der Waals surface area contributed by atoms with Gasteiger partial charge < -0.3 is 19.3 Å². The molecule has 168 valence electrons. The van der Waals surface area contributed by atoms with Crippen LogP contribution in [0.2, 0.25) is 0 Å². The number of nitrogens with zero attached hydrogens (tertiary/aromatic N) is 2. The van der Waals surface area contributed by atoms with E-state index in [1.165, 1.54) is 38.5 Å². The third kappa shape index (κ3) is 5.24. The second-order valence-electron chi connectivity index (χ2n) is 6.66. The van der Waals surface area contributed by atoms with E-state index in [-0.39, 0.29) is 16.3 Å². The van der Waals surface area contributed by atoms with Crippen LogP contribution in [0, 0.1) is 6.92 Å². The zero-order chi connectivity index (χ0) is 23.3. The average Bonchev–Trinajstić information content (AvgIpc) is 3.24. The van der Waals surface area contributed by atoms with Crippen molar-refractivity contribution in [3.05, 3.63) is 65.5 Å². The number of carbonyl (C=O) groups excluding carboxylic acids is 1. The predicted molar refractivity (Wildman–Crippen MR) is 118 cm³/mol. The maximum atomic E-state index is 12.7. The molecule has 0 spiro atoms. The lowest BCUT2D eigenvalue weighted by atomic mass is 10.1. The maximum Gasteiger partial charge on any atom is 0.280 e. The molecule has 0 aliphatic carbocycles. The normalized spacial score (nSPS) is 11.7. The van der Waals surface area contributed by atoms with E-state index in [1.54, 1.807) is 38.1 Å². The Labute approximate surface area is 185 Å². The van der Waals surface area contributed by atoms with Crippen LogP contribution in [0.1, 0.15) is 28.7 Å². The lowest BCUT2D eigenvalue weighted by Gasteiger charge is -2.11. The average molecular weight is 458 g/mol. The van der Waals surface area contributed by atoms with E-state index in [1.807, 2.05) is 0 Å². The number of carbonyl (C=O) groups is 1. The van der Waals surface area contributed by atoms with Gasteiger partial charge in [0.05, 0.1) is 19.9 Å². The third-order valence-corrected chi connectivity index (χ3v) is 5.66. The Morgan fingerprint density at radius 2 is 1.78 bits per heavy atom. The number of rotatable bonds is 8. The lowest BCUT2D eigenvalue weighted by molar-refractivity contribution is 0.101. The number of hydrogen-bond acceptors (Lipinski definition) is 8. The number of benzene rings is 2. The van der Waals surface area contributed by atoms with Crippen LogP contribution >= 0.6 is 0 Å². The second kappa shape index (κ2) is 9.52. The number of aromatic nitrogens is 1. The van der Waals surface area contributed by atoms with Crippen molar-refractivity contribution >= 4 is 27.3 Å². The fourth-order valence-electron chi connectivity index (χ4n) is 2.70. The summed E-state index contributed by atoms with van der Waals surface area (Å²) in [4.78, 5) is 14.3. The van der Waals surface area contributed by atoms with Gasteiger partial charge in [0, 0.05) is 17.8 Å². The molecule has 0 bridgehead atoms. The highest BCUT2D eigenvalue weighted by Gasteiger charge is 2.20. The van der Waals surface area contributed by atoms with Crippen LogP contribution in [0.5, 0.6) is 11.5 Å². The maximum absolute atomic E-state index is 12.7. The van der Waals surface area contributed by atoms with Gasteiger partial charge in [-0.25, -0.2) is 0 Å². The van der Waals surface area contributed by atoms with Crippen LogP contribution in [0.25, 0.3) is 0 Å². The Morgan fingerprint density at radius 1 is 1.06 bits per heavy atom. The smallest absolute Gasteiger partial charge is 0.280 e. The SMILES string of the molecule is COc1ccc(S(=O)(=O)N/N=C(/C)c2ccc(NC(=O)c3cc(C)on3)cc2)c(OC)c1. The van der Waals surface area contributed by atoms with Gasteiger partial charge in [0.1, 0.15) is 22.2 Å². The van der Waals surface area contributed by atoms with Crippen LogP contribution in [0.3, 0.4) is 0 Å². The summed E-state index contributed by atoms with van der Waals surface area (Å²) in [5.74, 6) is 0.728. The molecule has 2 N–H and O–H groups in total. The quantitative estimate of drug-likeness (QED) is 0.392. The molecule has 2 aromatic carbocycles. The monoisotopic (exact) mass is 458 g/mol. The molecular formula is C21H22N4O6S. The van der Waals surface area contributed by atoms with Crippen LogP contribution in [-0.2, 0) is 10.0 Å². The minimum Gasteiger partial charge on any atom is -0.497 e. The van der Waals surface area contributed by atoms with Gasteiger partial charge in [0.2, 0.25) is 0 Å². The van der Waals surface area contributed by atoms with Gasteiger partial charge in [-0.05, 0) is 43.7 Å². The summed E-state index contributed by atoms with van der Waals surface area (Å²) in [5.41, 5.74) is 1.79. The van der Waals surface area contributed by atoms with Crippen LogP contribution in [0.4, 0.5) is 5.69 Å². The molecule has 0 atom stereocenters. The highest BCUT2D eigenvalue weighted by Crippen LogP contribution is 2.28. The summed E-state index contributed by atoms with van der Waals surface area (Å²) in [6, 6.07) is 12.6. The molecule has 0 fully saturated rings. The topological polar surface area (TPSA) is 132 Å². The molecule has 3 rings (SSSR count). The third-order valence-electron chi connectivity index (χ3n) is 4.41. The van der Waals surface area contributed by atoms with Gasteiger partial charge in [-0.3, -0.25) is 4.79 Å². The van der Waals surface area contributed by atoms with Crippen molar-refractivity contribution in [1.29, 1.82) is 0 Å². The van der Waals surface area contributed by atoms with Gasteiger partial charge in [0.15, 0.2) is 5.69 Å². The standard InChI is InChI=1S/C21H22N4O6S/c1-13-11-18(24-31-13)21(26)22-16-7-5-15(6-8-16)14(2)23-25-32(27,28)20-10-9-17(29-3)12-19(20)30-4/h5-12,25H,1-4H3,(H,22,26)/b23-14-. The van der Waals surface area contributed by atoms with Gasteiger partial charge in [-0.15, -0.1) is 0 Å². The van der Waals surface area contributed by atoms with Crippen molar-refractivity contribution in [2.45, 2.75) is 18.7 Å². The molecule has 32 heavy (non-hydrogen) atoms. The van der Waals surface area contributed by atoms with E-state index in [2.05, 4.69) is 20.4 Å². The first-order chi connectivity index (χ1) is 15.2. The van der Waals surface area contributed by atoms with E-state index in [4.69, 9.17) is 14.0 Å². The summed E-state index contributed by atoms with van der Waals surface area (Å²) in [6.07, 6.45) is 0. The molecule has 0 aliphatic heterocycles. The molecule has 0 radical (unpaired) electrons.